The van der Waals surface area contributed by atoms with Gasteiger partial charge in [0.25, 0.3) is 0 Å². The minimum Gasteiger partial charge on any atom is -0.360 e. The van der Waals surface area contributed by atoms with Crippen LogP contribution in [0.1, 0.15) is 24.0 Å². The van der Waals surface area contributed by atoms with Crippen LogP contribution >= 0.6 is 0 Å². The molecule has 7 heteroatoms. The number of hydrogen-bond donors (Lipinski definition) is 2. The molecule has 1 aliphatic rings. The summed E-state index contributed by atoms with van der Waals surface area (Å²) in [6, 6.07) is 14.3. The second-order valence-electron chi connectivity index (χ2n) is 8.03. The van der Waals surface area contributed by atoms with Crippen LogP contribution in [0.3, 0.4) is 0 Å². The van der Waals surface area contributed by atoms with Gasteiger partial charge in [0.1, 0.15) is 5.82 Å². The third-order valence-electron chi connectivity index (χ3n) is 5.78. The minimum absolute atomic E-state index is 0.0207. The van der Waals surface area contributed by atoms with Crippen LogP contribution in [0.25, 0.3) is 16.5 Å². The Balaban J connectivity index is 1.25. The molecule has 0 radical (unpaired) electrons. The van der Waals surface area contributed by atoms with Crippen LogP contribution in [0, 0.1) is 5.82 Å². The highest BCUT2D eigenvalue weighted by molar-refractivity contribution is 5.93. The van der Waals surface area contributed by atoms with Gasteiger partial charge in [0.05, 0.1) is 0 Å². The molecule has 2 heterocycles. The fraction of sp³-hybridized carbons (Fsp3) is 0.280. The Labute approximate surface area is 186 Å². The lowest BCUT2D eigenvalue weighted by Gasteiger charge is -2.27. The molecule has 1 aliphatic heterocycles. The van der Waals surface area contributed by atoms with E-state index in [-0.39, 0.29) is 24.2 Å². The fourth-order valence-corrected chi connectivity index (χ4v) is 4.00. The van der Waals surface area contributed by atoms with Gasteiger partial charge in [-0.15, -0.1) is 0 Å². The molecular weight excluding hydrogens is 407 g/mol. The van der Waals surface area contributed by atoms with Gasteiger partial charge in [-0.1, -0.05) is 36.4 Å². The number of aromatic amines is 1. The predicted octanol–water partition coefficient (Wildman–Crippen LogP) is 4.15. The van der Waals surface area contributed by atoms with Gasteiger partial charge in [-0.2, -0.15) is 0 Å². The molecule has 6 nitrogen and oxygen atoms in total. The number of aromatic nitrogens is 1. The van der Waals surface area contributed by atoms with Crippen LogP contribution in [-0.4, -0.2) is 53.4 Å². The summed E-state index contributed by atoms with van der Waals surface area (Å²) in [6.07, 6.45) is 4.96. The SMILES string of the molecule is CN(Cc1ccccc1)C(=O)NCCC(=O)N1CC=C(c2c[nH]c3cc(F)ccc23)CC1. The summed E-state index contributed by atoms with van der Waals surface area (Å²) in [5.41, 5.74) is 4.04. The summed E-state index contributed by atoms with van der Waals surface area (Å²) in [7, 11) is 1.74. The van der Waals surface area contributed by atoms with Crippen LogP contribution < -0.4 is 5.32 Å². The third-order valence-corrected chi connectivity index (χ3v) is 5.78. The number of urea groups is 1. The molecule has 32 heavy (non-hydrogen) atoms. The number of benzene rings is 2. The maximum atomic E-state index is 13.4. The normalized spacial score (nSPS) is 13.7. The van der Waals surface area contributed by atoms with E-state index in [1.807, 2.05) is 36.5 Å². The molecule has 4 rings (SSSR count). The first-order valence-corrected chi connectivity index (χ1v) is 10.8. The third kappa shape index (κ3) is 4.99. The van der Waals surface area contributed by atoms with Gasteiger partial charge in [-0.25, -0.2) is 9.18 Å². The van der Waals surface area contributed by atoms with Crippen LogP contribution in [0.4, 0.5) is 9.18 Å². The van der Waals surface area contributed by atoms with E-state index >= 15 is 0 Å². The molecule has 166 valence electrons. The lowest BCUT2D eigenvalue weighted by atomic mass is 9.99. The van der Waals surface area contributed by atoms with E-state index in [0.29, 0.717) is 26.2 Å². The highest BCUT2D eigenvalue weighted by atomic mass is 19.1. The number of hydrogen-bond acceptors (Lipinski definition) is 2. The summed E-state index contributed by atoms with van der Waals surface area (Å²) < 4.78 is 13.4. The topological polar surface area (TPSA) is 68.4 Å². The number of carbonyl (C=O) groups excluding carboxylic acids is 2. The van der Waals surface area contributed by atoms with Crippen LogP contribution in [0.15, 0.2) is 60.8 Å². The second-order valence-corrected chi connectivity index (χ2v) is 8.03. The first-order chi connectivity index (χ1) is 15.5. The van der Waals surface area contributed by atoms with E-state index in [2.05, 4.69) is 16.4 Å². The van der Waals surface area contributed by atoms with Crippen LogP contribution in [0.5, 0.6) is 0 Å². The maximum Gasteiger partial charge on any atom is 0.317 e. The van der Waals surface area contributed by atoms with E-state index in [1.54, 1.807) is 22.9 Å². The molecule has 0 spiro atoms. The predicted molar refractivity (Wildman–Crippen MR) is 123 cm³/mol. The van der Waals surface area contributed by atoms with Gasteiger partial charge in [0.2, 0.25) is 5.91 Å². The van der Waals surface area contributed by atoms with Crippen molar-refractivity contribution in [1.82, 2.24) is 20.1 Å². The molecule has 2 N–H and O–H groups in total. The lowest BCUT2D eigenvalue weighted by molar-refractivity contribution is -0.130. The minimum atomic E-state index is -0.265. The molecule has 3 aromatic rings. The lowest BCUT2D eigenvalue weighted by Crippen LogP contribution is -2.40. The number of halogens is 1. The Hall–Kier alpha value is -3.61. The molecule has 3 amide bonds. The van der Waals surface area contributed by atoms with Crippen molar-refractivity contribution in [2.45, 2.75) is 19.4 Å². The van der Waals surface area contributed by atoms with E-state index in [4.69, 9.17) is 0 Å². The van der Waals surface area contributed by atoms with Gasteiger partial charge in [0.15, 0.2) is 0 Å². The summed E-state index contributed by atoms with van der Waals surface area (Å²) in [5.74, 6) is -0.244. The Morgan fingerprint density at radius 2 is 2.00 bits per heavy atom. The second kappa shape index (κ2) is 9.68. The Bertz CT molecular complexity index is 1140. The zero-order valence-electron chi connectivity index (χ0n) is 18.1. The summed E-state index contributed by atoms with van der Waals surface area (Å²) in [4.78, 5) is 31.3. The molecule has 0 fully saturated rings. The zero-order chi connectivity index (χ0) is 22.5. The van der Waals surface area contributed by atoms with Gasteiger partial charge in [-0.3, -0.25) is 4.79 Å². The number of nitrogens with zero attached hydrogens (tertiary/aromatic N) is 2. The van der Waals surface area contributed by atoms with Crippen molar-refractivity contribution in [3.8, 4) is 0 Å². The fourth-order valence-electron chi connectivity index (χ4n) is 4.00. The zero-order valence-corrected chi connectivity index (χ0v) is 18.1. The summed E-state index contributed by atoms with van der Waals surface area (Å²) in [6.45, 7) is 1.98. The smallest absolute Gasteiger partial charge is 0.317 e. The molecule has 0 bridgehead atoms. The molecule has 2 aromatic carbocycles. The average molecular weight is 435 g/mol. The molecule has 0 unspecified atom stereocenters. The summed E-state index contributed by atoms with van der Waals surface area (Å²) >= 11 is 0. The van der Waals surface area contributed by atoms with E-state index < -0.39 is 0 Å². The molecular formula is C25H27FN4O2. The molecule has 0 saturated carbocycles. The Kier molecular flexibility index (Phi) is 6.54. The monoisotopic (exact) mass is 434 g/mol. The Morgan fingerprint density at radius 3 is 2.75 bits per heavy atom. The van der Waals surface area contributed by atoms with Gasteiger partial charge in [-0.05, 0) is 35.8 Å². The average Bonchev–Trinajstić information content (AvgIpc) is 3.22. The van der Waals surface area contributed by atoms with Crippen LogP contribution in [0.2, 0.25) is 0 Å². The standard InChI is InChI=1S/C25H27FN4O2/c1-29(17-18-5-3-2-4-6-18)25(32)27-12-9-24(31)30-13-10-19(11-14-30)22-16-28-23-15-20(26)7-8-21(22)23/h2-8,10,15-16,28H,9,11-14,17H2,1H3,(H,27,32). The molecule has 1 aromatic heterocycles. The quantitative estimate of drug-likeness (QED) is 0.612. The molecule has 0 aliphatic carbocycles. The molecule has 0 saturated heterocycles. The van der Waals surface area contributed by atoms with Gasteiger partial charge < -0.3 is 20.1 Å². The van der Waals surface area contributed by atoms with Gasteiger partial charge in [0, 0.05) is 62.3 Å². The van der Waals surface area contributed by atoms with Crippen molar-refractivity contribution in [3.05, 3.63) is 77.7 Å². The first kappa shape index (κ1) is 21.6. The highest BCUT2D eigenvalue weighted by Gasteiger charge is 2.20. The van der Waals surface area contributed by atoms with Crippen molar-refractivity contribution in [2.75, 3.05) is 26.7 Å². The van der Waals surface area contributed by atoms with Crippen molar-refractivity contribution < 1.29 is 14.0 Å². The first-order valence-electron chi connectivity index (χ1n) is 10.8. The maximum absolute atomic E-state index is 13.4. The van der Waals surface area contributed by atoms with Gasteiger partial charge >= 0.3 is 6.03 Å². The number of nitrogens with one attached hydrogen (secondary N) is 2. The number of H-pyrrole nitrogens is 1. The van der Waals surface area contributed by atoms with Crippen molar-refractivity contribution >= 4 is 28.4 Å². The van der Waals surface area contributed by atoms with Crippen molar-refractivity contribution in [1.29, 1.82) is 0 Å². The summed E-state index contributed by atoms with van der Waals surface area (Å²) in [5, 5.41) is 3.80. The largest absolute Gasteiger partial charge is 0.360 e. The molecule has 0 atom stereocenters. The van der Waals surface area contributed by atoms with Crippen molar-refractivity contribution in [2.24, 2.45) is 0 Å². The highest BCUT2D eigenvalue weighted by Crippen LogP contribution is 2.29. The van der Waals surface area contributed by atoms with Crippen molar-refractivity contribution in [3.63, 3.8) is 0 Å². The number of fused-ring (bicyclic) bond motifs is 1. The van der Waals surface area contributed by atoms with Crippen LogP contribution in [-0.2, 0) is 11.3 Å². The number of rotatable bonds is 6. The number of carbonyl (C=O) groups is 2. The van der Waals surface area contributed by atoms with E-state index in [9.17, 15) is 14.0 Å². The van der Waals surface area contributed by atoms with E-state index in [0.717, 1.165) is 34.0 Å². The Morgan fingerprint density at radius 1 is 1.19 bits per heavy atom. The van der Waals surface area contributed by atoms with E-state index in [1.165, 1.54) is 12.1 Å². The number of amides is 3.